The molecule has 0 aliphatic carbocycles. The number of methoxy groups -OCH3 is 1. The van der Waals surface area contributed by atoms with Gasteiger partial charge in [-0.15, -0.1) is 11.3 Å². The number of benzene rings is 2. The van der Waals surface area contributed by atoms with Crippen LogP contribution in [0.15, 0.2) is 52.3 Å². The molecule has 29 heavy (non-hydrogen) atoms. The van der Waals surface area contributed by atoms with Crippen LogP contribution in [0.3, 0.4) is 0 Å². The second kappa shape index (κ2) is 9.77. The van der Waals surface area contributed by atoms with Crippen LogP contribution in [0.1, 0.15) is 0 Å². The van der Waals surface area contributed by atoms with Gasteiger partial charge in [-0.3, -0.25) is 10.1 Å². The van der Waals surface area contributed by atoms with E-state index in [1.807, 2.05) is 12.1 Å². The lowest BCUT2D eigenvalue weighted by Crippen LogP contribution is -2.37. The molecule has 3 aromatic rings. The molecule has 1 amide bonds. The number of hydrogen-bond acceptors (Lipinski definition) is 6. The fourth-order valence-electron chi connectivity index (χ4n) is 2.26. The number of carbonyl (C=O) groups excluding carboxylic acids is 1. The average molecular weight is 496 g/mol. The van der Waals surface area contributed by atoms with Crippen LogP contribution in [0.4, 0.5) is 9.52 Å². The van der Waals surface area contributed by atoms with E-state index in [0.717, 1.165) is 4.47 Å². The molecule has 0 bridgehead atoms. The minimum Gasteiger partial charge on any atom is -0.494 e. The van der Waals surface area contributed by atoms with E-state index in [0.29, 0.717) is 22.1 Å². The predicted octanol–water partition coefficient (Wildman–Crippen LogP) is 4.61. The van der Waals surface area contributed by atoms with Gasteiger partial charge >= 0.3 is 0 Å². The Morgan fingerprint density at radius 1 is 1.28 bits per heavy atom. The molecule has 6 nitrogen and oxygen atoms in total. The second-order valence-corrected chi connectivity index (χ2v) is 7.81. The van der Waals surface area contributed by atoms with Crippen molar-refractivity contribution in [1.82, 2.24) is 10.3 Å². The monoisotopic (exact) mass is 495 g/mol. The molecule has 2 aromatic carbocycles. The standard InChI is InChI=1S/C19H15BrFN3O3S2/c1-26-16-7-2-11(8-14(16)21)15-10-29-19(22-15)24-18(28)23-17(25)9-27-13-5-3-12(20)4-6-13/h2-8,10H,9H2,1H3,(H2,22,23,24,25,28). The van der Waals surface area contributed by atoms with Crippen LogP contribution < -0.4 is 20.1 Å². The topological polar surface area (TPSA) is 72.5 Å². The molecule has 0 radical (unpaired) electrons. The van der Waals surface area contributed by atoms with Crippen molar-refractivity contribution in [2.75, 3.05) is 19.0 Å². The van der Waals surface area contributed by atoms with Crippen LogP contribution >= 0.6 is 39.5 Å². The molecule has 1 aromatic heterocycles. The molecule has 1 heterocycles. The number of thiazole rings is 1. The van der Waals surface area contributed by atoms with Gasteiger partial charge in [-0.05, 0) is 54.7 Å². The molecule has 0 atom stereocenters. The molecule has 0 aliphatic rings. The Hall–Kier alpha value is -2.56. The van der Waals surface area contributed by atoms with Crippen LogP contribution in [-0.4, -0.2) is 29.7 Å². The molecule has 0 aliphatic heterocycles. The number of anilines is 1. The van der Waals surface area contributed by atoms with Gasteiger partial charge in [-0.1, -0.05) is 15.9 Å². The van der Waals surface area contributed by atoms with Gasteiger partial charge in [0.25, 0.3) is 5.91 Å². The summed E-state index contributed by atoms with van der Waals surface area (Å²) < 4.78 is 25.1. The fraction of sp³-hybridized carbons (Fsp3) is 0.105. The summed E-state index contributed by atoms with van der Waals surface area (Å²) in [7, 11) is 1.40. The van der Waals surface area contributed by atoms with E-state index in [-0.39, 0.29) is 17.5 Å². The van der Waals surface area contributed by atoms with Crippen molar-refractivity contribution in [3.63, 3.8) is 0 Å². The maximum absolute atomic E-state index is 13.9. The molecule has 0 spiro atoms. The second-order valence-electron chi connectivity index (χ2n) is 5.63. The van der Waals surface area contributed by atoms with Gasteiger partial charge in [0.15, 0.2) is 28.4 Å². The summed E-state index contributed by atoms with van der Waals surface area (Å²) >= 11 is 9.73. The molecule has 0 unspecified atom stereocenters. The first-order valence-corrected chi connectivity index (χ1v) is 10.3. The predicted molar refractivity (Wildman–Crippen MR) is 118 cm³/mol. The fourth-order valence-corrected chi connectivity index (χ4v) is 3.52. The van der Waals surface area contributed by atoms with Gasteiger partial charge in [-0.25, -0.2) is 9.37 Å². The first-order valence-electron chi connectivity index (χ1n) is 8.23. The van der Waals surface area contributed by atoms with Gasteiger partial charge in [-0.2, -0.15) is 0 Å². The summed E-state index contributed by atoms with van der Waals surface area (Å²) in [6.07, 6.45) is 0. The third-order valence-electron chi connectivity index (χ3n) is 3.61. The highest BCUT2D eigenvalue weighted by Crippen LogP contribution is 2.28. The van der Waals surface area contributed by atoms with Gasteiger partial charge in [0.1, 0.15) is 5.75 Å². The number of carbonyl (C=O) groups is 1. The van der Waals surface area contributed by atoms with E-state index in [1.54, 1.807) is 23.6 Å². The molecule has 0 saturated heterocycles. The zero-order valence-electron chi connectivity index (χ0n) is 15.1. The molecule has 2 N–H and O–H groups in total. The SMILES string of the molecule is COc1ccc(-c2csc(NC(=S)NC(=O)COc3ccc(Br)cc3)n2)cc1F. The number of rotatable bonds is 6. The van der Waals surface area contributed by atoms with Crippen molar-refractivity contribution < 1.29 is 18.7 Å². The average Bonchev–Trinajstić information content (AvgIpc) is 3.15. The van der Waals surface area contributed by atoms with Crippen molar-refractivity contribution >= 4 is 55.6 Å². The lowest BCUT2D eigenvalue weighted by molar-refractivity contribution is -0.121. The van der Waals surface area contributed by atoms with E-state index in [4.69, 9.17) is 21.7 Å². The summed E-state index contributed by atoms with van der Waals surface area (Å²) in [5, 5.41) is 7.67. The van der Waals surface area contributed by atoms with Gasteiger partial charge in [0, 0.05) is 15.4 Å². The highest BCUT2D eigenvalue weighted by Gasteiger charge is 2.11. The first kappa shape index (κ1) is 21.2. The largest absolute Gasteiger partial charge is 0.494 e. The maximum atomic E-state index is 13.9. The third-order valence-corrected chi connectivity index (χ3v) is 5.10. The lowest BCUT2D eigenvalue weighted by Gasteiger charge is -2.08. The molecule has 150 valence electrons. The molecule has 0 fully saturated rings. The smallest absolute Gasteiger partial charge is 0.264 e. The Morgan fingerprint density at radius 3 is 2.72 bits per heavy atom. The van der Waals surface area contributed by atoms with E-state index >= 15 is 0 Å². The normalized spacial score (nSPS) is 10.3. The van der Waals surface area contributed by atoms with Gasteiger partial charge in [0.2, 0.25) is 0 Å². The molecule has 0 saturated carbocycles. The Balaban J connectivity index is 1.52. The highest BCUT2D eigenvalue weighted by atomic mass is 79.9. The highest BCUT2D eigenvalue weighted by molar-refractivity contribution is 9.10. The summed E-state index contributed by atoms with van der Waals surface area (Å²) in [6, 6.07) is 11.7. The number of halogens is 2. The summed E-state index contributed by atoms with van der Waals surface area (Å²) in [6.45, 7) is -0.183. The number of ether oxygens (including phenoxy) is 2. The molecular formula is C19H15BrFN3O3S2. The zero-order chi connectivity index (χ0) is 20.8. The Bertz CT molecular complexity index is 1030. The van der Waals surface area contributed by atoms with Crippen LogP contribution in [0.5, 0.6) is 11.5 Å². The van der Waals surface area contributed by atoms with E-state index < -0.39 is 11.7 Å². The van der Waals surface area contributed by atoms with E-state index in [2.05, 4.69) is 31.5 Å². The molecule has 10 heteroatoms. The van der Waals surface area contributed by atoms with Crippen molar-refractivity contribution in [1.29, 1.82) is 0 Å². The summed E-state index contributed by atoms with van der Waals surface area (Å²) in [5.74, 6) is -0.143. The van der Waals surface area contributed by atoms with E-state index in [1.165, 1.54) is 30.6 Å². The van der Waals surface area contributed by atoms with Crippen LogP contribution in [0, 0.1) is 5.82 Å². The Morgan fingerprint density at radius 2 is 2.03 bits per heavy atom. The van der Waals surface area contributed by atoms with Crippen LogP contribution in [0.2, 0.25) is 0 Å². The first-order chi connectivity index (χ1) is 13.9. The Labute approximate surface area is 184 Å². The summed E-state index contributed by atoms with van der Waals surface area (Å²) in [4.78, 5) is 16.3. The van der Waals surface area contributed by atoms with Crippen molar-refractivity contribution in [2.24, 2.45) is 0 Å². The van der Waals surface area contributed by atoms with Crippen molar-refractivity contribution in [2.45, 2.75) is 0 Å². The minimum absolute atomic E-state index is 0.0937. The van der Waals surface area contributed by atoms with Crippen LogP contribution in [-0.2, 0) is 4.79 Å². The molecular weight excluding hydrogens is 481 g/mol. The quantitative estimate of drug-likeness (QED) is 0.486. The van der Waals surface area contributed by atoms with Gasteiger partial charge in [0.05, 0.1) is 12.8 Å². The summed E-state index contributed by atoms with van der Waals surface area (Å²) in [5.41, 5.74) is 1.18. The number of hydrogen-bond donors (Lipinski definition) is 2. The molecule has 3 rings (SSSR count). The van der Waals surface area contributed by atoms with Crippen LogP contribution in [0.25, 0.3) is 11.3 Å². The lowest BCUT2D eigenvalue weighted by atomic mass is 10.1. The Kier molecular flexibility index (Phi) is 7.13. The maximum Gasteiger partial charge on any atom is 0.264 e. The number of aromatic nitrogens is 1. The number of amides is 1. The number of nitrogens with one attached hydrogen (secondary N) is 2. The van der Waals surface area contributed by atoms with Crippen molar-refractivity contribution in [3.05, 3.63) is 58.1 Å². The minimum atomic E-state index is -0.471. The van der Waals surface area contributed by atoms with E-state index in [9.17, 15) is 9.18 Å². The number of thiocarbonyl (C=S) groups is 1. The number of nitrogens with zero attached hydrogens (tertiary/aromatic N) is 1. The zero-order valence-corrected chi connectivity index (χ0v) is 18.3. The third kappa shape index (κ3) is 5.96. The van der Waals surface area contributed by atoms with Crippen molar-refractivity contribution in [3.8, 4) is 22.8 Å². The van der Waals surface area contributed by atoms with Gasteiger partial charge < -0.3 is 14.8 Å².